The number of carbonyl (C=O) groups is 1. The summed E-state index contributed by atoms with van der Waals surface area (Å²) >= 11 is 0. The van der Waals surface area contributed by atoms with Gasteiger partial charge in [-0.15, -0.1) is 0 Å². The fourth-order valence-corrected chi connectivity index (χ4v) is 3.57. The maximum atomic E-state index is 12.2. The number of allylic oxidation sites excluding steroid dienone is 2. The van der Waals surface area contributed by atoms with Crippen LogP contribution in [-0.4, -0.2) is 60.8 Å². The second-order valence-electron chi connectivity index (χ2n) is 8.03. The zero-order chi connectivity index (χ0) is 20.7. The van der Waals surface area contributed by atoms with Crippen LogP contribution in [0.2, 0.25) is 0 Å². The van der Waals surface area contributed by atoms with Gasteiger partial charge in [-0.1, -0.05) is 45.9 Å². The molecule has 0 aromatic heterocycles. The van der Waals surface area contributed by atoms with Crippen molar-refractivity contribution in [1.82, 2.24) is 0 Å². The van der Waals surface area contributed by atoms with E-state index in [1.165, 1.54) is 0 Å². The number of rotatable bonds is 8. The zero-order valence-electron chi connectivity index (χ0n) is 17.2. The number of ether oxygens (including phenoxy) is 4. The Balaban J connectivity index is 1.78. The minimum Gasteiger partial charge on any atom is -0.432 e. The van der Waals surface area contributed by atoms with E-state index in [1.807, 2.05) is 12.2 Å². The summed E-state index contributed by atoms with van der Waals surface area (Å²) in [4.78, 5) is 12.2. The summed E-state index contributed by atoms with van der Waals surface area (Å²) in [5.74, 6) is 0.703. The second kappa shape index (κ2) is 11.0. The van der Waals surface area contributed by atoms with Crippen molar-refractivity contribution >= 4 is 6.16 Å². The minimum absolute atomic E-state index is 0.0220. The molecule has 1 saturated heterocycles. The van der Waals surface area contributed by atoms with Gasteiger partial charge >= 0.3 is 6.16 Å². The molecule has 0 aromatic rings. The van der Waals surface area contributed by atoms with Crippen LogP contribution in [0.25, 0.3) is 0 Å². The van der Waals surface area contributed by atoms with Gasteiger partial charge in [-0.2, -0.15) is 0 Å². The summed E-state index contributed by atoms with van der Waals surface area (Å²) in [6.45, 7) is 8.34. The second-order valence-corrected chi connectivity index (χ2v) is 8.03. The van der Waals surface area contributed by atoms with E-state index in [0.29, 0.717) is 18.8 Å². The molecule has 2 N–H and O–H groups in total. The van der Waals surface area contributed by atoms with E-state index in [0.717, 1.165) is 5.57 Å². The summed E-state index contributed by atoms with van der Waals surface area (Å²) in [7, 11) is 0. The Labute approximate surface area is 167 Å². The van der Waals surface area contributed by atoms with Crippen molar-refractivity contribution in [2.45, 2.75) is 65.1 Å². The first-order valence-corrected chi connectivity index (χ1v) is 10.1. The lowest BCUT2D eigenvalue weighted by atomic mass is 9.79. The number of hydrogen-bond acceptors (Lipinski definition) is 7. The molecule has 2 aliphatic rings. The molecule has 28 heavy (non-hydrogen) atoms. The van der Waals surface area contributed by atoms with Gasteiger partial charge in [-0.25, -0.2) is 4.79 Å². The van der Waals surface area contributed by atoms with Crippen LogP contribution in [0.4, 0.5) is 4.79 Å². The third-order valence-corrected chi connectivity index (χ3v) is 5.11. The molecule has 4 unspecified atom stereocenters. The molecule has 5 atom stereocenters. The van der Waals surface area contributed by atoms with Crippen LogP contribution in [-0.2, 0) is 18.9 Å². The molecule has 0 amide bonds. The number of aliphatic hydroxyl groups excluding tert-OH is 2. The van der Waals surface area contributed by atoms with Crippen molar-refractivity contribution in [1.29, 1.82) is 0 Å². The summed E-state index contributed by atoms with van der Waals surface area (Å²) in [5, 5.41) is 18.9. The predicted octanol–water partition coefficient (Wildman–Crippen LogP) is 2.81. The van der Waals surface area contributed by atoms with Crippen molar-refractivity contribution in [3.63, 3.8) is 0 Å². The van der Waals surface area contributed by atoms with Crippen molar-refractivity contribution < 1.29 is 34.0 Å². The Kier molecular flexibility index (Phi) is 8.95. The molecule has 0 bridgehead atoms. The fourth-order valence-electron chi connectivity index (χ4n) is 3.57. The summed E-state index contributed by atoms with van der Waals surface area (Å²) in [6.07, 6.45) is 4.13. The van der Waals surface area contributed by atoms with Crippen LogP contribution >= 0.6 is 0 Å². The Morgan fingerprint density at radius 1 is 1.25 bits per heavy atom. The van der Waals surface area contributed by atoms with Gasteiger partial charge in [0.25, 0.3) is 0 Å². The van der Waals surface area contributed by atoms with Gasteiger partial charge in [-0.05, 0) is 17.4 Å². The maximum absolute atomic E-state index is 12.2. The molecule has 0 aromatic carbocycles. The standard InChI is InChI=1S/C21H34O7/c1-13(2)17-6-5-7-18(14(3)4)20(17)28-21(24)26-9-8-25-19-11-15(23)10-16(12-22)27-19/h5-7,13-17,19-20,22-23H,8-12H2,1-4H3/t15?,16?,17?,19-,20?/m1/s1. The topological polar surface area (TPSA) is 94.5 Å². The number of hydrogen-bond donors (Lipinski definition) is 2. The first-order chi connectivity index (χ1) is 13.3. The molecule has 1 aliphatic carbocycles. The largest absolute Gasteiger partial charge is 0.508 e. The van der Waals surface area contributed by atoms with E-state index in [1.54, 1.807) is 0 Å². The first kappa shape index (κ1) is 22.9. The van der Waals surface area contributed by atoms with Crippen LogP contribution in [0.5, 0.6) is 0 Å². The minimum atomic E-state index is -0.723. The molecule has 160 valence electrons. The highest BCUT2D eigenvalue weighted by molar-refractivity contribution is 5.61. The maximum Gasteiger partial charge on any atom is 0.508 e. The molecule has 0 saturated carbocycles. The van der Waals surface area contributed by atoms with Gasteiger partial charge in [0.05, 0.1) is 25.4 Å². The van der Waals surface area contributed by atoms with Crippen LogP contribution in [0.3, 0.4) is 0 Å². The zero-order valence-corrected chi connectivity index (χ0v) is 17.2. The molecular formula is C21H34O7. The fraction of sp³-hybridized carbons (Fsp3) is 0.762. The monoisotopic (exact) mass is 398 g/mol. The van der Waals surface area contributed by atoms with Crippen LogP contribution < -0.4 is 0 Å². The molecule has 7 nitrogen and oxygen atoms in total. The summed E-state index contributed by atoms with van der Waals surface area (Å²) in [5.41, 5.74) is 1.08. The van der Waals surface area contributed by atoms with E-state index in [2.05, 4.69) is 33.8 Å². The van der Waals surface area contributed by atoms with Gasteiger partial charge in [0.1, 0.15) is 12.7 Å². The quantitative estimate of drug-likeness (QED) is 0.479. The Bertz CT molecular complexity index is 555. The third-order valence-electron chi connectivity index (χ3n) is 5.11. The van der Waals surface area contributed by atoms with Gasteiger partial charge in [0, 0.05) is 18.8 Å². The Morgan fingerprint density at radius 3 is 2.64 bits per heavy atom. The lowest BCUT2D eigenvalue weighted by Gasteiger charge is -2.33. The molecule has 1 fully saturated rings. The Morgan fingerprint density at radius 2 is 2.00 bits per heavy atom. The van der Waals surface area contributed by atoms with Gasteiger partial charge in [0.15, 0.2) is 6.29 Å². The third kappa shape index (κ3) is 6.58. The van der Waals surface area contributed by atoms with Gasteiger partial charge in [-0.3, -0.25) is 0 Å². The van der Waals surface area contributed by atoms with E-state index >= 15 is 0 Å². The van der Waals surface area contributed by atoms with Gasteiger partial charge in [0.2, 0.25) is 0 Å². The molecule has 0 radical (unpaired) electrons. The summed E-state index contributed by atoms with van der Waals surface area (Å²) < 4.78 is 21.8. The van der Waals surface area contributed by atoms with Crippen LogP contribution in [0, 0.1) is 17.8 Å². The SMILES string of the molecule is CC(C)C1=CC=CC(C(C)C)C1OC(=O)OCCO[C@H]1CC(O)CC(CO)O1. The average Bonchev–Trinajstić information content (AvgIpc) is 2.64. The molecule has 7 heteroatoms. The smallest absolute Gasteiger partial charge is 0.432 e. The van der Waals surface area contributed by atoms with Crippen LogP contribution in [0.1, 0.15) is 40.5 Å². The first-order valence-electron chi connectivity index (χ1n) is 10.1. The lowest BCUT2D eigenvalue weighted by molar-refractivity contribution is -0.224. The number of aliphatic hydroxyl groups is 2. The van der Waals surface area contributed by atoms with Crippen molar-refractivity contribution in [2.75, 3.05) is 19.8 Å². The van der Waals surface area contributed by atoms with Crippen LogP contribution in [0.15, 0.2) is 23.8 Å². The van der Waals surface area contributed by atoms with Crippen molar-refractivity contribution in [2.24, 2.45) is 17.8 Å². The van der Waals surface area contributed by atoms with E-state index in [9.17, 15) is 9.90 Å². The van der Waals surface area contributed by atoms with E-state index in [-0.39, 0.29) is 37.8 Å². The van der Waals surface area contributed by atoms with Gasteiger partial charge < -0.3 is 29.2 Å². The molecule has 1 aliphatic heterocycles. The predicted molar refractivity (Wildman–Crippen MR) is 104 cm³/mol. The van der Waals surface area contributed by atoms with Crippen molar-refractivity contribution in [3.05, 3.63) is 23.8 Å². The summed E-state index contributed by atoms with van der Waals surface area (Å²) in [6, 6.07) is 0. The van der Waals surface area contributed by atoms with E-state index in [4.69, 9.17) is 24.1 Å². The molecule has 0 spiro atoms. The van der Waals surface area contributed by atoms with Crippen molar-refractivity contribution in [3.8, 4) is 0 Å². The highest BCUT2D eigenvalue weighted by Gasteiger charge is 2.33. The average molecular weight is 398 g/mol. The Hall–Kier alpha value is -1.41. The highest BCUT2D eigenvalue weighted by Crippen LogP contribution is 2.32. The molecule has 1 heterocycles. The lowest BCUT2D eigenvalue weighted by Crippen LogP contribution is -2.39. The molecule has 2 rings (SSSR count). The van der Waals surface area contributed by atoms with E-state index < -0.39 is 24.7 Å². The highest BCUT2D eigenvalue weighted by atomic mass is 16.7. The molecular weight excluding hydrogens is 364 g/mol. The number of carbonyl (C=O) groups excluding carboxylic acids is 1. The normalized spacial score (nSPS) is 30.4.